The third-order valence-corrected chi connectivity index (χ3v) is 2.40. The maximum absolute atomic E-state index is 10.7. The van der Waals surface area contributed by atoms with Crippen molar-refractivity contribution in [1.29, 1.82) is 0 Å². The number of Topliss-reactive ketones (excluding diaryl/α,β-unsaturated/α-hetero) is 1. The van der Waals surface area contributed by atoms with Gasteiger partial charge in [0.05, 0.1) is 0 Å². The molecule has 0 heterocycles. The molecular weight excluding hydrogens is 174 g/mol. The van der Waals surface area contributed by atoms with Crippen LogP contribution in [-0.2, 0) is 4.79 Å². The zero-order chi connectivity index (χ0) is 10.6. The third-order valence-electron chi connectivity index (χ3n) is 2.40. The van der Waals surface area contributed by atoms with Gasteiger partial charge in [-0.3, -0.25) is 4.79 Å². The van der Waals surface area contributed by atoms with Crippen LogP contribution in [-0.4, -0.2) is 12.3 Å². The number of rotatable bonds is 4. The quantitative estimate of drug-likeness (QED) is 0.792. The van der Waals surface area contributed by atoms with Crippen molar-refractivity contribution in [3.8, 4) is 0 Å². The lowest BCUT2D eigenvalue weighted by atomic mass is 10.1. The number of nitrogens with one attached hydrogen (secondary N) is 1. The van der Waals surface area contributed by atoms with Gasteiger partial charge in [-0.05, 0) is 38.0 Å². The minimum Gasteiger partial charge on any atom is -0.384 e. The topological polar surface area (TPSA) is 29.1 Å². The summed E-state index contributed by atoms with van der Waals surface area (Å²) in [6.07, 6.45) is 0.591. The Hall–Kier alpha value is -1.31. The van der Waals surface area contributed by atoms with Crippen LogP contribution in [0.15, 0.2) is 18.2 Å². The fourth-order valence-electron chi connectivity index (χ4n) is 1.32. The molecule has 0 atom stereocenters. The predicted octanol–water partition coefficient (Wildman–Crippen LogP) is 2.69. The van der Waals surface area contributed by atoms with Gasteiger partial charge in [-0.1, -0.05) is 12.1 Å². The summed E-state index contributed by atoms with van der Waals surface area (Å²) in [5.41, 5.74) is 3.67. The average Bonchev–Trinajstić information content (AvgIpc) is 2.12. The highest BCUT2D eigenvalue weighted by atomic mass is 16.1. The van der Waals surface area contributed by atoms with Crippen molar-refractivity contribution in [1.82, 2.24) is 0 Å². The Morgan fingerprint density at radius 2 is 2.07 bits per heavy atom. The van der Waals surface area contributed by atoms with E-state index in [0.29, 0.717) is 6.42 Å². The minimum atomic E-state index is 0.225. The third kappa shape index (κ3) is 2.87. The molecule has 0 aromatic heterocycles. The van der Waals surface area contributed by atoms with E-state index in [1.165, 1.54) is 11.1 Å². The highest BCUT2D eigenvalue weighted by molar-refractivity contribution is 5.76. The van der Waals surface area contributed by atoms with E-state index in [-0.39, 0.29) is 5.78 Å². The van der Waals surface area contributed by atoms with Crippen molar-refractivity contribution in [2.45, 2.75) is 27.2 Å². The molecule has 1 aromatic rings. The summed E-state index contributed by atoms with van der Waals surface area (Å²) in [4.78, 5) is 10.7. The molecule has 0 fully saturated rings. The number of benzene rings is 1. The van der Waals surface area contributed by atoms with Crippen molar-refractivity contribution in [3.63, 3.8) is 0 Å². The van der Waals surface area contributed by atoms with E-state index in [1.54, 1.807) is 6.92 Å². The Labute approximate surface area is 85.3 Å². The molecule has 0 saturated heterocycles. The molecular formula is C12H17NO. The zero-order valence-corrected chi connectivity index (χ0v) is 9.05. The molecule has 2 heteroatoms. The van der Waals surface area contributed by atoms with Crippen LogP contribution < -0.4 is 5.32 Å². The Kier molecular flexibility index (Phi) is 3.69. The highest BCUT2D eigenvalue weighted by Crippen LogP contribution is 2.17. The lowest BCUT2D eigenvalue weighted by Crippen LogP contribution is -2.07. The summed E-state index contributed by atoms with van der Waals surface area (Å²) in [5, 5.41) is 3.26. The SMILES string of the molecule is CC(=O)CCNc1cccc(C)c1C. The molecule has 0 spiro atoms. The summed E-state index contributed by atoms with van der Waals surface area (Å²) in [6.45, 7) is 6.52. The van der Waals surface area contributed by atoms with Crippen LogP contribution in [0.4, 0.5) is 5.69 Å². The first-order valence-electron chi connectivity index (χ1n) is 4.91. The van der Waals surface area contributed by atoms with Gasteiger partial charge >= 0.3 is 0 Å². The molecule has 0 unspecified atom stereocenters. The zero-order valence-electron chi connectivity index (χ0n) is 9.05. The largest absolute Gasteiger partial charge is 0.384 e. The molecule has 2 nitrogen and oxygen atoms in total. The van der Waals surface area contributed by atoms with E-state index in [4.69, 9.17) is 0 Å². The molecule has 0 aliphatic carbocycles. The number of ketones is 1. The minimum absolute atomic E-state index is 0.225. The van der Waals surface area contributed by atoms with Crippen LogP contribution in [0.5, 0.6) is 0 Å². The number of aryl methyl sites for hydroxylation is 1. The van der Waals surface area contributed by atoms with Gasteiger partial charge in [0.1, 0.15) is 5.78 Å². The molecule has 0 saturated carbocycles. The molecule has 1 rings (SSSR count). The summed E-state index contributed by atoms with van der Waals surface area (Å²) < 4.78 is 0. The number of hydrogen-bond acceptors (Lipinski definition) is 2. The molecule has 0 aliphatic rings. The maximum atomic E-state index is 10.7. The van der Waals surface area contributed by atoms with Crippen LogP contribution in [0.2, 0.25) is 0 Å². The monoisotopic (exact) mass is 191 g/mol. The van der Waals surface area contributed by atoms with Crippen LogP contribution >= 0.6 is 0 Å². The van der Waals surface area contributed by atoms with E-state index in [2.05, 4.69) is 25.2 Å². The molecule has 76 valence electrons. The standard InChI is InChI=1S/C12H17NO/c1-9-5-4-6-12(11(9)3)13-8-7-10(2)14/h4-6,13H,7-8H2,1-3H3. The fraction of sp³-hybridized carbons (Fsp3) is 0.417. The number of anilines is 1. The maximum Gasteiger partial charge on any atom is 0.131 e. The Bertz CT molecular complexity index is 331. The Balaban J connectivity index is 2.59. The van der Waals surface area contributed by atoms with E-state index in [0.717, 1.165) is 12.2 Å². The smallest absolute Gasteiger partial charge is 0.131 e. The lowest BCUT2D eigenvalue weighted by molar-refractivity contribution is -0.116. The fourth-order valence-corrected chi connectivity index (χ4v) is 1.32. The summed E-state index contributed by atoms with van der Waals surface area (Å²) in [7, 11) is 0. The predicted molar refractivity (Wildman–Crippen MR) is 59.7 cm³/mol. The number of carbonyl (C=O) groups is 1. The molecule has 0 amide bonds. The van der Waals surface area contributed by atoms with Gasteiger partial charge in [-0.25, -0.2) is 0 Å². The van der Waals surface area contributed by atoms with Gasteiger partial charge in [0.15, 0.2) is 0 Å². The van der Waals surface area contributed by atoms with Crippen LogP contribution in [0.1, 0.15) is 24.5 Å². The lowest BCUT2D eigenvalue weighted by Gasteiger charge is -2.10. The number of hydrogen-bond donors (Lipinski definition) is 1. The van der Waals surface area contributed by atoms with E-state index in [9.17, 15) is 4.79 Å². The van der Waals surface area contributed by atoms with E-state index >= 15 is 0 Å². The van der Waals surface area contributed by atoms with Crippen LogP contribution in [0, 0.1) is 13.8 Å². The van der Waals surface area contributed by atoms with Gasteiger partial charge in [0, 0.05) is 18.7 Å². The summed E-state index contributed by atoms with van der Waals surface area (Å²) >= 11 is 0. The molecule has 0 bridgehead atoms. The van der Waals surface area contributed by atoms with Gasteiger partial charge in [-0.15, -0.1) is 0 Å². The molecule has 0 radical (unpaired) electrons. The number of carbonyl (C=O) groups excluding carboxylic acids is 1. The molecule has 1 N–H and O–H groups in total. The molecule has 14 heavy (non-hydrogen) atoms. The summed E-state index contributed by atoms with van der Waals surface area (Å²) in [5.74, 6) is 0.225. The Morgan fingerprint density at radius 3 is 2.71 bits per heavy atom. The first kappa shape index (κ1) is 10.8. The van der Waals surface area contributed by atoms with Crippen molar-refractivity contribution < 1.29 is 4.79 Å². The first-order chi connectivity index (χ1) is 6.61. The van der Waals surface area contributed by atoms with Crippen molar-refractivity contribution in [2.24, 2.45) is 0 Å². The second kappa shape index (κ2) is 4.80. The van der Waals surface area contributed by atoms with Crippen molar-refractivity contribution >= 4 is 11.5 Å². The first-order valence-corrected chi connectivity index (χ1v) is 4.91. The van der Waals surface area contributed by atoms with E-state index < -0.39 is 0 Å². The van der Waals surface area contributed by atoms with Gasteiger partial charge in [0.2, 0.25) is 0 Å². The normalized spacial score (nSPS) is 9.93. The molecule has 0 aliphatic heterocycles. The Morgan fingerprint density at radius 1 is 1.36 bits per heavy atom. The molecule has 1 aromatic carbocycles. The average molecular weight is 191 g/mol. The van der Waals surface area contributed by atoms with Gasteiger partial charge < -0.3 is 5.32 Å². The van der Waals surface area contributed by atoms with Gasteiger partial charge in [-0.2, -0.15) is 0 Å². The van der Waals surface area contributed by atoms with Crippen LogP contribution in [0.25, 0.3) is 0 Å². The second-order valence-electron chi connectivity index (χ2n) is 3.63. The second-order valence-corrected chi connectivity index (χ2v) is 3.63. The van der Waals surface area contributed by atoms with Crippen molar-refractivity contribution in [3.05, 3.63) is 29.3 Å². The van der Waals surface area contributed by atoms with Crippen molar-refractivity contribution in [2.75, 3.05) is 11.9 Å². The van der Waals surface area contributed by atoms with Crippen LogP contribution in [0.3, 0.4) is 0 Å². The van der Waals surface area contributed by atoms with E-state index in [1.807, 2.05) is 12.1 Å². The van der Waals surface area contributed by atoms with Gasteiger partial charge in [0.25, 0.3) is 0 Å². The summed E-state index contributed by atoms with van der Waals surface area (Å²) in [6, 6.07) is 6.16. The highest BCUT2D eigenvalue weighted by Gasteiger charge is 1.99.